The number of anilines is 1. The first-order chi connectivity index (χ1) is 13.7. The summed E-state index contributed by atoms with van der Waals surface area (Å²) < 4.78 is 27.2. The Morgan fingerprint density at radius 1 is 1.07 bits per heavy atom. The molecule has 0 aliphatic carbocycles. The average Bonchev–Trinajstić information content (AvgIpc) is 3.17. The summed E-state index contributed by atoms with van der Waals surface area (Å²) in [7, 11) is -3.52. The van der Waals surface area contributed by atoms with Crippen molar-refractivity contribution in [3.05, 3.63) is 24.3 Å². The van der Waals surface area contributed by atoms with Crippen LogP contribution in [0.2, 0.25) is 0 Å². The van der Waals surface area contributed by atoms with Gasteiger partial charge in [0.25, 0.3) is 0 Å². The van der Waals surface area contributed by atoms with E-state index in [0.29, 0.717) is 37.7 Å². The van der Waals surface area contributed by atoms with Gasteiger partial charge in [0.15, 0.2) is 0 Å². The molecule has 0 spiro atoms. The maximum atomic E-state index is 12.9. The quantitative estimate of drug-likeness (QED) is 0.792. The average molecular weight is 422 g/mol. The fourth-order valence-electron chi connectivity index (χ4n) is 4.08. The molecule has 2 unspecified atom stereocenters. The van der Waals surface area contributed by atoms with E-state index in [2.05, 4.69) is 12.2 Å². The largest absolute Gasteiger partial charge is 0.330 e. The summed E-state index contributed by atoms with van der Waals surface area (Å²) in [5, 5.41) is 2.83. The number of carbonyl (C=O) groups is 2. The van der Waals surface area contributed by atoms with Crippen molar-refractivity contribution in [1.29, 1.82) is 0 Å². The van der Waals surface area contributed by atoms with Gasteiger partial charge in [-0.25, -0.2) is 8.42 Å². The molecule has 1 aromatic rings. The zero-order valence-corrected chi connectivity index (χ0v) is 18.2. The third-order valence-electron chi connectivity index (χ3n) is 5.71. The zero-order valence-electron chi connectivity index (χ0n) is 17.4. The molecule has 0 bridgehead atoms. The third-order valence-corrected chi connectivity index (χ3v) is 7.59. The van der Waals surface area contributed by atoms with Crippen LogP contribution >= 0.6 is 0 Å². The molecule has 29 heavy (non-hydrogen) atoms. The van der Waals surface area contributed by atoms with Gasteiger partial charge in [-0.1, -0.05) is 20.8 Å². The van der Waals surface area contributed by atoms with E-state index in [9.17, 15) is 18.0 Å². The van der Waals surface area contributed by atoms with Gasteiger partial charge in [0.2, 0.25) is 21.8 Å². The van der Waals surface area contributed by atoms with E-state index in [4.69, 9.17) is 0 Å². The normalized spacial score (nSPS) is 23.4. The van der Waals surface area contributed by atoms with Crippen molar-refractivity contribution in [2.75, 3.05) is 25.0 Å². The van der Waals surface area contributed by atoms with E-state index in [1.807, 2.05) is 13.8 Å². The van der Waals surface area contributed by atoms with Crippen LogP contribution < -0.4 is 5.32 Å². The Balaban J connectivity index is 1.67. The number of nitrogens with one attached hydrogen (secondary N) is 1. The maximum absolute atomic E-state index is 12.9. The molecule has 8 heteroatoms. The summed E-state index contributed by atoms with van der Waals surface area (Å²) in [6.45, 7) is 7.42. The smallest absolute Gasteiger partial charge is 0.247 e. The van der Waals surface area contributed by atoms with Crippen LogP contribution in [0.4, 0.5) is 5.69 Å². The molecule has 2 amide bonds. The molecule has 160 valence electrons. The van der Waals surface area contributed by atoms with Gasteiger partial charge in [-0.2, -0.15) is 4.31 Å². The number of hydrogen-bond donors (Lipinski definition) is 1. The van der Waals surface area contributed by atoms with Crippen molar-refractivity contribution < 1.29 is 18.0 Å². The first-order valence-corrected chi connectivity index (χ1v) is 11.9. The van der Waals surface area contributed by atoms with Gasteiger partial charge in [0.05, 0.1) is 4.90 Å². The van der Waals surface area contributed by atoms with E-state index < -0.39 is 16.1 Å². The minimum atomic E-state index is -3.52. The lowest BCUT2D eigenvalue weighted by Crippen LogP contribution is -2.44. The third kappa shape index (κ3) is 4.80. The Bertz CT molecular complexity index is 851. The number of nitrogens with zero attached hydrogens (tertiary/aromatic N) is 2. The number of piperidine rings is 1. The summed E-state index contributed by atoms with van der Waals surface area (Å²) in [5.41, 5.74) is 0.532. The molecule has 2 saturated heterocycles. The minimum Gasteiger partial charge on any atom is -0.330 e. The van der Waals surface area contributed by atoms with Gasteiger partial charge in [-0.15, -0.1) is 0 Å². The molecule has 2 aliphatic rings. The maximum Gasteiger partial charge on any atom is 0.247 e. The second-order valence-electron chi connectivity index (χ2n) is 8.47. The van der Waals surface area contributed by atoms with Crippen molar-refractivity contribution in [3.63, 3.8) is 0 Å². The summed E-state index contributed by atoms with van der Waals surface area (Å²) in [6, 6.07) is 5.83. The van der Waals surface area contributed by atoms with Crippen molar-refractivity contribution in [3.8, 4) is 0 Å². The molecule has 7 nitrogen and oxygen atoms in total. The number of hydrogen-bond acceptors (Lipinski definition) is 4. The zero-order chi connectivity index (χ0) is 21.2. The number of carbonyl (C=O) groups excluding carboxylic acids is 2. The van der Waals surface area contributed by atoms with E-state index in [-0.39, 0.29) is 22.6 Å². The summed E-state index contributed by atoms with van der Waals surface area (Å²) in [6.07, 6.45) is 3.38. The Kier molecular flexibility index (Phi) is 6.63. The molecule has 1 N–H and O–H groups in total. The number of sulfonamides is 1. The minimum absolute atomic E-state index is 0.0140. The van der Waals surface area contributed by atoms with Gasteiger partial charge in [0.1, 0.15) is 6.04 Å². The van der Waals surface area contributed by atoms with Gasteiger partial charge < -0.3 is 10.2 Å². The molecule has 3 rings (SSSR count). The van der Waals surface area contributed by atoms with Crippen LogP contribution in [0, 0.1) is 11.8 Å². The highest BCUT2D eigenvalue weighted by atomic mass is 32.2. The van der Waals surface area contributed by atoms with Crippen LogP contribution in [0.15, 0.2) is 29.2 Å². The Hall–Kier alpha value is -1.93. The Morgan fingerprint density at radius 2 is 1.72 bits per heavy atom. The lowest BCUT2D eigenvalue weighted by molar-refractivity contribution is -0.139. The molecule has 0 saturated carbocycles. The van der Waals surface area contributed by atoms with Gasteiger partial charge in [-0.3, -0.25) is 9.59 Å². The second-order valence-corrected chi connectivity index (χ2v) is 10.4. The van der Waals surface area contributed by atoms with Gasteiger partial charge in [-0.05, 0) is 55.9 Å². The van der Waals surface area contributed by atoms with Gasteiger partial charge >= 0.3 is 0 Å². The molecule has 2 atom stereocenters. The SMILES string of the molecule is CC1CCCN(S(=O)(=O)c2ccc(NC(=O)C3CCCN3C(=O)C(C)C)cc2)C1. The van der Waals surface area contributed by atoms with Crippen molar-refractivity contribution in [1.82, 2.24) is 9.21 Å². The summed E-state index contributed by atoms with van der Waals surface area (Å²) in [4.78, 5) is 26.9. The molecular formula is C21H31N3O4S. The van der Waals surface area contributed by atoms with Crippen LogP contribution in [0.1, 0.15) is 46.5 Å². The van der Waals surface area contributed by atoms with Crippen LogP contribution in [0.5, 0.6) is 0 Å². The highest BCUT2D eigenvalue weighted by Gasteiger charge is 2.35. The fraction of sp³-hybridized carbons (Fsp3) is 0.619. The molecular weight excluding hydrogens is 390 g/mol. The van der Waals surface area contributed by atoms with E-state index in [0.717, 1.165) is 19.3 Å². The molecule has 2 heterocycles. The van der Waals surface area contributed by atoms with Crippen LogP contribution in [0.3, 0.4) is 0 Å². The topological polar surface area (TPSA) is 86.8 Å². The lowest BCUT2D eigenvalue weighted by atomic mass is 10.0. The second kappa shape index (κ2) is 8.83. The predicted octanol–water partition coefficient (Wildman–Crippen LogP) is 2.69. The number of rotatable bonds is 5. The van der Waals surface area contributed by atoms with Crippen LogP contribution in [0.25, 0.3) is 0 Å². The van der Waals surface area contributed by atoms with E-state index >= 15 is 0 Å². The van der Waals surface area contributed by atoms with Crippen LogP contribution in [-0.2, 0) is 19.6 Å². The van der Waals surface area contributed by atoms with E-state index in [1.165, 1.54) is 12.1 Å². The molecule has 1 aromatic carbocycles. The Morgan fingerprint density at radius 3 is 2.34 bits per heavy atom. The van der Waals surface area contributed by atoms with E-state index in [1.54, 1.807) is 21.3 Å². The summed E-state index contributed by atoms with van der Waals surface area (Å²) in [5.74, 6) is -0.0257. The molecule has 0 aromatic heterocycles. The molecule has 0 radical (unpaired) electrons. The van der Waals surface area contributed by atoms with Crippen molar-refractivity contribution in [2.24, 2.45) is 11.8 Å². The van der Waals surface area contributed by atoms with Crippen LogP contribution in [-0.4, -0.2) is 55.1 Å². The lowest BCUT2D eigenvalue weighted by Gasteiger charge is -2.30. The Labute approximate surface area is 173 Å². The van der Waals surface area contributed by atoms with Crippen molar-refractivity contribution >= 4 is 27.5 Å². The number of benzene rings is 1. The summed E-state index contributed by atoms with van der Waals surface area (Å²) >= 11 is 0. The monoisotopic (exact) mass is 421 g/mol. The first kappa shape index (κ1) is 21.8. The van der Waals surface area contributed by atoms with Gasteiger partial charge in [0, 0.05) is 31.2 Å². The van der Waals surface area contributed by atoms with Crippen molar-refractivity contribution in [2.45, 2.75) is 57.4 Å². The highest BCUT2D eigenvalue weighted by Crippen LogP contribution is 2.25. The molecule has 2 aliphatic heterocycles. The molecule has 2 fully saturated rings. The first-order valence-electron chi connectivity index (χ1n) is 10.4. The fourth-order valence-corrected chi connectivity index (χ4v) is 5.68. The number of likely N-dealkylation sites (tertiary alicyclic amines) is 1. The standard InChI is InChI=1S/C21H31N3O4S/c1-15(2)21(26)24-13-5-7-19(24)20(25)22-17-8-10-18(11-9-17)29(27,28)23-12-4-6-16(3)14-23/h8-11,15-16,19H,4-7,12-14H2,1-3H3,(H,22,25). The highest BCUT2D eigenvalue weighted by molar-refractivity contribution is 7.89. The predicted molar refractivity (Wildman–Crippen MR) is 112 cm³/mol. The number of amides is 2.